The number of rotatable bonds is 4. The molecule has 9 heteroatoms. The first-order valence-electron chi connectivity index (χ1n) is 11.6. The molecule has 4 fully saturated rings. The Balaban J connectivity index is 1.18. The van der Waals surface area contributed by atoms with Gasteiger partial charge in [-0.2, -0.15) is 4.98 Å². The van der Waals surface area contributed by atoms with Crippen LogP contribution in [0, 0.1) is 5.41 Å². The van der Waals surface area contributed by atoms with Crippen LogP contribution in [0.4, 0.5) is 11.8 Å². The van der Waals surface area contributed by atoms with Gasteiger partial charge in [-0.15, -0.1) is 0 Å². The van der Waals surface area contributed by atoms with Crippen LogP contribution in [0.2, 0.25) is 0 Å². The SMILES string of the molecule is O=C1OC(CN2CCOCC2)CC12CCN(c1nccc(N3CCC(O)CC3)n1)CC2. The molecule has 1 atom stereocenters. The van der Waals surface area contributed by atoms with Crippen molar-refractivity contribution in [1.82, 2.24) is 14.9 Å². The van der Waals surface area contributed by atoms with Gasteiger partial charge >= 0.3 is 5.97 Å². The van der Waals surface area contributed by atoms with E-state index in [2.05, 4.69) is 19.7 Å². The van der Waals surface area contributed by atoms with Gasteiger partial charge in [0.1, 0.15) is 11.9 Å². The summed E-state index contributed by atoms with van der Waals surface area (Å²) in [4.78, 5) is 28.8. The molecule has 1 N–H and O–H groups in total. The molecule has 4 aliphatic heterocycles. The van der Waals surface area contributed by atoms with Crippen LogP contribution in [0.3, 0.4) is 0 Å². The average Bonchev–Trinajstić information content (AvgIpc) is 3.09. The number of aromatic nitrogens is 2. The second kappa shape index (κ2) is 8.88. The van der Waals surface area contributed by atoms with Crippen LogP contribution >= 0.6 is 0 Å². The minimum atomic E-state index is -0.353. The Hall–Kier alpha value is -1.97. The standard InChI is InChI=1S/C22H33N5O4/c28-17-2-7-26(8-3-17)19-1-6-23-21(24-19)27-9-4-22(5-10-27)15-18(31-20(22)29)16-25-11-13-30-14-12-25/h1,6,17-18,28H,2-5,7-16H2. The summed E-state index contributed by atoms with van der Waals surface area (Å²) >= 11 is 0. The number of piperidine rings is 2. The van der Waals surface area contributed by atoms with Crippen molar-refractivity contribution in [3.8, 4) is 0 Å². The quantitative estimate of drug-likeness (QED) is 0.691. The third-order valence-electron chi connectivity index (χ3n) is 7.31. The molecule has 0 amide bonds. The molecule has 170 valence electrons. The number of cyclic esters (lactones) is 1. The fourth-order valence-corrected chi connectivity index (χ4v) is 5.32. The molecule has 1 aromatic heterocycles. The summed E-state index contributed by atoms with van der Waals surface area (Å²) in [5.74, 6) is 1.63. The third kappa shape index (κ3) is 4.49. The van der Waals surface area contributed by atoms with Gasteiger partial charge in [0.15, 0.2) is 0 Å². The summed E-state index contributed by atoms with van der Waals surface area (Å²) in [5, 5.41) is 9.75. The summed E-state index contributed by atoms with van der Waals surface area (Å²) in [6.45, 7) is 7.33. The minimum Gasteiger partial charge on any atom is -0.461 e. The largest absolute Gasteiger partial charge is 0.461 e. The second-order valence-electron chi connectivity index (χ2n) is 9.34. The molecule has 0 aromatic carbocycles. The van der Waals surface area contributed by atoms with Crippen LogP contribution in [0.25, 0.3) is 0 Å². The fourth-order valence-electron chi connectivity index (χ4n) is 5.32. The number of hydrogen-bond donors (Lipinski definition) is 1. The Kier molecular flexibility index (Phi) is 5.99. The highest BCUT2D eigenvalue weighted by molar-refractivity contribution is 5.79. The normalized spacial score (nSPS) is 27.6. The van der Waals surface area contributed by atoms with Gasteiger partial charge in [0.05, 0.1) is 24.7 Å². The van der Waals surface area contributed by atoms with Gasteiger partial charge in [-0.3, -0.25) is 9.69 Å². The van der Waals surface area contributed by atoms with Gasteiger partial charge in [0.25, 0.3) is 0 Å². The number of esters is 1. The minimum absolute atomic E-state index is 0.00817. The number of carbonyl (C=O) groups excluding carboxylic acids is 1. The first-order valence-corrected chi connectivity index (χ1v) is 11.6. The molecule has 31 heavy (non-hydrogen) atoms. The molecule has 0 radical (unpaired) electrons. The van der Waals surface area contributed by atoms with Crippen molar-refractivity contribution in [2.24, 2.45) is 5.41 Å². The number of nitrogens with zero attached hydrogens (tertiary/aromatic N) is 5. The first kappa shape index (κ1) is 20.9. The van der Waals surface area contributed by atoms with Gasteiger partial charge in [0, 0.05) is 58.4 Å². The molecular weight excluding hydrogens is 398 g/mol. The molecule has 0 saturated carbocycles. The molecule has 0 aliphatic carbocycles. The summed E-state index contributed by atoms with van der Waals surface area (Å²) in [6, 6.07) is 1.94. The molecule has 9 nitrogen and oxygen atoms in total. The molecule has 5 heterocycles. The number of hydrogen-bond acceptors (Lipinski definition) is 9. The summed E-state index contributed by atoms with van der Waals surface area (Å²) in [5.41, 5.74) is -0.353. The Labute approximate surface area is 183 Å². The van der Waals surface area contributed by atoms with Crippen molar-refractivity contribution in [3.05, 3.63) is 12.3 Å². The maximum Gasteiger partial charge on any atom is 0.312 e. The van der Waals surface area contributed by atoms with E-state index in [1.165, 1.54) is 0 Å². The molecular formula is C22H33N5O4. The van der Waals surface area contributed by atoms with E-state index in [9.17, 15) is 9.90 Å². The highest BCUT2D eigenvalue weighted by atomic mass is 16.6. The van der Waals surface area contributed by atoms with Crippen LogP contribution in [-0.2, 0) is 14.3 Å². The zero-order valence-electron chi connectivity index (χ0n) is 18.1. The third-order valence-corrected chi connectivity index (χ3v) is 7.31. The van der Waals surface area contributed by atoms with Crippen LogP contribution in [0.15, 0.2) is 12.3 Å². The highest BCUT2D eigenvalue weighted by Gasteiger charge is 2.50. The first-order chi connectivity index (χ1) is 15.1. The van der Waals surface area contributed by atoms with Crippen molar-refractivity contribution in [2.45, 2.75) is 44.3 Å². The van der Waals surface area contributed by atoms with Crippen molar-refractivity contribution in [3.63, 3.8) is 0 Å². The molecule has 1 spiro atoms. The van der Waals surface area contributed by atoms with Gasteiger partial charge < -0.3 is 24.4 Å². The Morgan fingerprint density at radius 1 is 1.06 bits per heavy atom. The van der Waals surface area contributed by atoms with Crippen LogP contribution < -0.4 is 9.80 Å². The summed E-state index contributed by atoms with van der Waals surface area (Å²) in [7, 11) is 0. The van der Waals surface area contributed by atoms with E-state index in [-0.39, 0.29) is 23.6 Å². The van der Waals surface area contributed by atoms with E-state index >= 15 is 0 Å². The van der Waals surface area contributed by atoms with Gasteiger partial charge in [0.2, 0.25) is 5.95 Å². The average molecular weight is 432 g/mol. The van der Waals surface area contributed by atoms with Crippen molar-refractivity contribution in [2.75, 3.05) is 68.8 Å². The van der Waals surface area contributed by atoms with E-state index < -0.39 is 0 Å². The van der Waals surface area contributed by atoms with Gasteiger partial charge in [-0.1, -0.05) is 0 Å². The van der Waals surface area contributed by atoms with Crippen molar-refractivity contribution < 1.29 is 19.4 Å². The molecule has 1 aromatic rings. The number of carbonyl (C=O) groups is 1. The predicted octanol–water partition coefficient (Wildman–Crippen LogP) is 0.672. The van der Waals surface area contributed by atoms with Crippen LogP contribution in [0.1, 0.15) is 32.1 Å². The number of morpholine rings is 1. The van der Waals surface area contributed by atoms with E-state index in [0.717, 1.165) is 103 Å². The molecule has 4 saturated heterocycles. The van der Waals surface area contributed by atoms with Crippen molar-refractivity contribution >= 4 is 17.7 Å². The Morgan fingerprint density at radius 2 is 1.81 bits per heavy atom. The zero-order valence-corrected chi connectivity index (χ0v) is 18.1. The number of aliphatic hydroxyl groups excluding tert-OH is 1. The van der Waals surface area contributed by atoms with E-state index in [0.29, 0.717) is 0 Å². The summed E-state index contributed by atoms with van der Waals surface area (Å²) in [6.07, 6.45) is 5.55. The molecule has 1 unspecified atom stereocenters. The molecule has 0 bridgehead atoms. The fraction of sp³-hybridized carbons (Fsp3) is 0.773. The van der Waals surface area contributed by atoms with Crippen molar-refractivity contribution in [1.29, 1.82) is 0 Å². The lowest BCUT2D eigenvalue weighted by Crippen LogP contribution is -2.44. The Morgan fingerprint density at radius 3 is 2.55 bits per heavy atom. The monoisotopic (exact) mass is 431 g/mol. The highest BCUT2D eigenvalue weighted by Crippen LogP contribution is 2.43. The van der Waals surface area contributed by atoms with E-state index in [1.807, 2.05) is 12.3 Å². The number of aliphatic hydroxyl groups is 1. The number of ether oxygens (including phenoxy) is 2. The lowest BCUT2D eigenvalue weighted by Gasteiger charge is -2.37. The lowest BCUT2D eigenvalue weighted by atomic mass is 9.76. The Bertz CT molecular complexity index is 771. The van der Waals surface area contributed by atoms with Gasteiger partial charge in [-0.05, 0) is 31.7 Å². The maximum atomic E-state index is 12.8. The molecule has 5 rings (SSSR count). The molecule has 4 aliphatic rings. The topological polar surface area (TPSA) is 91.3 Å². The van der Waals surface area contributed by atoms with E-state index in [4.69, 9.17) is 14.5 Å². The smallest absolute Gasteiger partial charge is 0.312 e. The second-order valence-corrected chi connectivity index (χ2v) is 9.34. The number of anilines is 2. The summed E-state index contributed by atoms with van der Waals surface area (Å²) < 4.78 is 11.2. The predicted molar refractivity (Wildman–Crippen MR) is 115 cm³/mol. The van der Waals surface area contributed by atoms with Crippen LogP contribution in [0.5, 0.6) is 0 Å². The zero-order chi connectivity index (χ0) is 21.3. The lowest BCUT2D eigenvalue weighted by molar-refractivity contribution is -0.150. The maximum absolute atomic E-state index is 12.8. The van der Waals surface area contributed by atoms with Crippen LogP contribution in [-0.4, -0.2) is 97.2 Å². The van der Waals surface area contributed by atoms with E-state index in [1.54, 1.807) is 0 Å². The van der Waals surface area contributed by atoms with Gasteiger partial charge in [-0.25, -0.2) is 4.98 Å².